The van der Waals surface area contributed by atoms with E-state index in [0.29, 0.717) is 24.5 Å². The maximum Gasteiger partial charge on any atom is 0.308 e. The third-order valence-corrected chi connectivity index (χ3v) is 8.65. The van der Waals surface area contributed by atoms with Gasteiger partial charge in [-0.1, -0.05) is 19.4 Å². The molecular formula is C31H50N3O6+. The van der Waals surface area contributed by atoms with Crippen molar-refractivity contribution in [3.63, 3.8) is 0 Å². The number of nitrogens with zero attached hydrogens (tertiary/aromatic N) is 3. The first kappa shape index (κ1) is 30.6. The van der Waals surface area contributed by atoms with Crippen molar-refractivity contribution in [3.05, 3.63) is 23.8 Å². The minimum absolute atomic E-state index is 0.101. The van der Waals surface area contributed by atoms with E-state index in [2.05, 4.69) is 33.0 Å². The number of carboxylic acid groups (broad SMARTS) is 1. The van der Waals surface area contributed by atoms with E-state index < -0.39 is 11.9 Å². The summed E-state index contributed by atoms with van der Waals surface area (Å²) < 4.78 is 18.0. The molecule has 1 aromatic rings. The lowest BCUT2D eigenvalue weighted by Crippen LogP contribution is -2.45. The first-order valence-electron chi connectivity index (χ1n) is 15.2. The van der Waals surface area contributed by atoms with Crippen LogP contribution in [-0.2, 0) is 14.3 Å². The number of benzene rings is 1. The summed E-state index contributed by atoms with van der Waals surface area (Å²) in [5.41, 5.74) is 0.927. The second kappa shape index (κ2) is 14.0. The number of unbranched alkanes of at least 4 members (excludes halogenated alkanes) is 1. The predicted octanol–water partition coefficient (Wildman–Crippen LogP) is 3.96. The summed E-state index contributed by atoms with van der Waals surface area (Å²) >= 11 is 0. The van der Waals surface area contributed by atoms with E-state index in [9.17, 15) is 14.7 Å². The molecule has 0 saturated carbocycles. The van der Waals surface area contributed by atoms with Crippen LogP contribution in [0.15, 0.2) is 18.2 Å². The van der Waals surface area contributed by atoms with E-state index in [1.807, 2.05) is 23.1 Å². The van der Waals surface area contributed by atoms with Gasteiger partial charge in [0.1, 0.15) is 0 Å². The second-order valence-electron chi connectivity index (χ2n) is 12.7. The van der Waals surface area contributed by atoms with Gasteiger partial charge in [0.25, 0.3) is 0 Å². The van der Waals surface area contributed by atoms with Crippen molar-refractivity contribution in [3.8, 4) is 11.5 Å². The van der Waals surface area contributed by atoms with Crippen LogP contribution in [0.2, 0.25) is 0 Å². The number of quaternary nitrogens is 1. The lowest BCUT2D eigenvalue weighted by atomic mass is 9.83. The third-order valence-electron chi connectivity index (χ3n) is 8.65. The van der Waals surface area contributed by atoms with Crippen LogP contribution in [0.3, 0.4) is 0 Å². The molecule has 1 N–H and O–H groups in total. The van der Waals surface area contributed by atoms with E-state index >= 15 is 0 Å². The quantitative estimate of drug-likeness (QED) is 0.345. The maximum atomic E-state index is 13.8. The summed E-state index contributed by atoms with van der Waals surface area (Å²) in [5.74, 6) is -0.209. The number of ether oxygens (including phenoxy) is 3. The largest absolute Gasteiger partial charge is 0.481 e. The first-order valence-corrected chi connectivity index (χ1v) is 15.2. The number of rotatable bonds is 14. The van der Waals surface area contributed by atoms with Crippen LogP contribution in [-0.4, -0.2) is 111 Å². The minimum atomic E-state index is -0.807. The number of hydrogen-bond donors (Lipinski definition) is 1. The molecule has 1 unspecified atom stereocenters. The van der Waals surface area contributed by atoms with Crippen LogP contribution in [0, 0.1) is 5.92 Å². The van der Waals surface area contributed by atoms with Gasteiger partial charge in [-0.2, -0.15) is 0 Å². The first-order chi connectivity index (χ1) is 19.2. The van der Waals surface area contributed by atoms with Crippen LogP contribution in [0.4, 0.5) is 0 Å². The zero-order valence-corrected chi connectivity index (χ0v) is 25.0. The number of carbonyl (C=O) groups excluding carboxylic acids is 1. The number of amides is 1. The van der Waals surface area contributed by atoms with Crippen LogP contribution >= 0.6 is 0 Å². The fourth-order valence-corrected chi connectivity index (χ4v) is 6.45. The van der Waals surface area contributed by atoms with Gasteiger partial charge in [0.2, 0.25) is 12.7 Å². The lowest BCUT2D eigenvalue weighted by molar-refractivity contribution is -0.870. The summed E-state index contributed by atoms with van der Waals surface area (Å²) in [5, 5.41) is 10.5. The number of hydrogen-bond acceptors (Lipinski definition) is 6. The van der Waals surface area contributed by atoms with Gasteiger partial charge >= 0.3 is 5.97 Å². The van der Waals surface area contributed by atoms with Gasteiger partial charge in [0, 0.05) is 44.6 Å². The lowest BCUT2D eigenvalue weighted by Gasteiger charge is -2.32. The van der Waals surface area contributed by atoms with Gasteiger partial charge in [0.15, 0.2) is 11.5 Å². The standard InChI is InChI=1S/C31H49N3O6/c1-5-6-15-32(16-9-17-34(2,3)4)29(35)21-33-20-25(23-11-14-27-28(19-23)40-22-39-27)30(31(36)37)26(33)13-12-24-10-7-8-18-38-24/h11,14,19,24-26,30H,5-10,12-13,15-18,20-22H2,1-4H3/p+1/t24?,25-,26+,30-/m1/s1. The van der Waals surface area contributed by atoms with Crippen LogP contribution in [0.1, 0.15) is 69.8 Å². The fourth-order valence-electron chi connectivity index (χ4n) is 6.45. The van der Waals surface area contributed by atoms with E-state index in [4.69, 9.17) is 14.2 Å². The molecule has 9 heteroatoms. The maximum absolute atomic E-state index is 13.8. The summed E-state index contributed by atoms with van der Waals surface area (Å²) in [6.07, 6.45) is 7.89. The second-order valence-corrected chi connectivity index (χ2v) is 12.7. The highest BCUT2D eigenvalue weighted by atomic mass is 16.7. The number of aliphatic carboxylic acids is 1. The van der Waals surface area contributed by atoms with Gasteiger partial charge in [-0.25, -0.2) is 0 Å². The van der Waals surface area contributed by atoms with Gasteiger partial charge in [-0.15, -0.1) is 0 Å². The van der Waals surface area contributed by atoms with Gasteiger partial charge in [-0.05, 0) is 56.2 Å². The molecule has 2 fully saturated rings. The zero-order chi connectivity index (χ0) is 28.7. The molecule has 1 aromatic carbocycles. The van der Waals surface area contributed by atoms with Crippen LogP contribution in [0.25, 0.3) is 0 Å². The minimum Gasteiger partial charge on any atom is -0.481 e. The Labute approximate surface area is 239 Å². The number of carboxylic acids is 1. The molecular weight excluding hydrogens is 510 g/mol. The van der Waals surface area contributed by atoms with Crippen molar-refractivity contribution in [2.24, 2.45) is 5.92 Å². The summed E-state index contributed by atoms with van der Waals surface area (Å²) in [7, 11) is 6.52. The Balaban J connectivity index is 1.53. The molecule has 0 radical (unpaired) electrons. The van der Waals surface area contributed by atoms with E-state index in [-0.39, 0.29) is 37.3 Å². The molecule has 3 aliphatic heterocycles. The Bertz CT molecular complexity index is 990. The monoisotopic (exact) mass is 560 g/mol. The molecule has 0 aliphatic carbocycles. The van der Waals surface area contributed by atoms with Crippen molar-refractivity contribution in [1.82, 2.24) is 9.80 Å². The Hall–Kier alpha value is -2.36. The normalized spacial score (nSPS) is 24.8. The third kappa shape index (κ3) is 8.10. The molecule has 3 heterocycles. The highest BCUT2D eigenvalue weighted by molar-refractivity contribution is 5.79. The van der Waals surface area contributed by atoms with Crippen molar-refractivity contribution in [1.29, 1.82) is 0 Å². The Morgan fingerprint density at radius 1 is 1.07 bits per heavy atom. The molecule has 4 rings (SSSR count). The summed E-state index contributed by atoms with van der Waals surface area (Å²) in [4.78, 5) is 30.7. The average Bonchev–Trinajstić information content (AvgIpc) is 3.53. The highest BCUT2D eigenvalue weighted by Gasteiger charge is 2.47. The number of likely N-dealkylation sites (tertiary alicyclic amines) is 1. The predicted molar refractivity (Wildman–Crippen MR) is 154 cm³/mol. The highest BCUT2D eigenvalue weighted by Crippen LogP contribution is 2.43. The van der Waals surface area contributed by atoms with Gasteiger partial charge < -0.3 is 28.7 Å². The molecule has 2 saturated heterocycles. The fraction of sp³-hybridized carbons (Fsp3) is 0.742. The Kier molecular flexibility index (Phi) is 10.7. The van der Waals surface area contributed by atoms with Crippen molar-refractivity contribution in [2.45, 2.75) is 76.4 Å². The van der Waals surface area contributed by atoms with Gasteiger partial charge in [-0.3, -0.25) is 14.5 Å². The summed E-state index contributed by atoms with van der Waals surface area (Å²) in [6, 6.07) is 5.52. The van der Waals surface area contributed by atoms with E-state index in [1.165, 1.54) is 0 Å². The molecule has 0 spiro atoms. The molecule has 40 heavy (non-hydrogen) atoms. The zero-order valence-electron chi connectivity index (χ0n) is 25.0. The topological polar surface area (TPSA) is 88.5 Å². The molecule has 224 valence electrons. The van der Waals surface area contributed by atoms with Crippen molar-refractivity contribution >= 4 is 11.9 Å². The SMILES string of the molecule is CCCCN(CCC[N+](C)(C)C)C(=O)CN1C[C@H](c2ccc3c(c2)OCO3)[C@@H](C(=O)O)[C@@H]1CCC1CCCCO1. The molecule has 1 amide bonds. The molecule has 3 aliphatic rings. The Morgan fingerprint density at radius 2 is 1.85 bits per heavy atom. The number of carbonyl (C=O) groups is 2. The van der Waals surface area contributed by atoms with Crippen LogP contribution < -0.4 is 9.47 Å². The average molecular weight is 561 g/mol. The van der Waals surface area contributed by atoms with Crippen molar-refractivity contribution in [2.75, 3.05) is 67.3 Å². The molecule has 0 aromatic heterocycles. The molecule has 0 bridgehead atoms. The molecule has 4 atom stereocenters. The van der Waals surface area contributed by atoms with Crippen molar-refractivity contribution < 1.29 is 33.4 Å². The smallest absolute Gasteiger partial charge is 0.308 e. The van der Waals surface area contributed by atoms with E-state index in [1.54, 1.807) is 0 Å². The summed E-state index contributed by atoms with van der Waals surface area (Å²) in [6.45, 7) is 6.35. The number of fused-ring (bicyclic) bond motifs is 1. The van der Waals surface area contributed by atoms with Gasteiger partial charge in [0.05, 0.1) is 46.3 Å². The van der Waals surface area contributed by atoms with Crippen LogP contribution in [0.5, 0.6) is 11.5 Å². The Morgan fingerprint density at radius 3 is 2.55 bits per heavy atom. The van der Waals surface area contributed by atoms with E-state index in [0.717, 1.165) is 81.2 Å². The molecule has 9 nitrogen and oxygen atoms in total.